The molecule has 1 aromatic rings. The SMILES string of the molecule is NCCC1CN(CCc2cccc(Cl)c2)CCO1. The van der Waals surface area contributed by atoms with E-state index in [4.69, 9.17) is 22.1 Å². The van der Waals surface area contributed by atoms with Crippen LogP contribution in [0, 0.1) is 0 Å². The summed E-state index contributed by atoms with van der Waals surface area (Å²) in [5.74, 6) is 0. The Balaban J connectivity index is 1.79. The summed E-state index contributed by atoms with van der Waals surface area (Å²) in [5.41, 5.74) is 6.87. The highest BCUT2D eigenvalue weighted by molar-refractivity contribution is 6.30. The number of morpholine rings is 1. The molecule has 2 rings (SSSR count). The van der Waals surface area contributed by atoms with Crippen LogP contribution in [0.2, 0.25) is 5.02 Å². The fraction of sp³-hybridized carbons (Fsp3) is 0.571. The molecule has 18 heavy (non-hydrogen) atoms. The molecule has 2 N–H and O–H groups in total. The molecule has 0 aliphatic carbocycles. The Bertz CT molecular complexity index is 371. The molecule has 1 atom stereocenters. The predicted octanol–water partition coefficient (Wildman–Crippen LogP) is 1.93. The van der Waals surface area contributed by atoms with Gasteiger partial charge < -0.3 is 10.5 Å². The summed E-state index contributed by atoms with van der Waals surface area (Å²) in [6, 6.07) is 8.09. The van der Waals surface area contributed by atoms with E-state index < -0.39 is 0 Å². The van der Waals surface area contributed by atoms with Crippen LogP contribution in [0.15, 0.2) is 24.3 Å². The fourth-order valence-electron chi connectivity index (χ4n) is 2.32. The molecule has 0 radical (unpaired) electrons. The quantitative estimate of drug-likeness (QED) is 0.887. The Morgan fingerprint density at radius 2 is 2.33 bits per heavy atom. The number of nitrogens with two attached hydrogens (primary N) is 1. The lowest BCUT2D eigenvalue weighted by Gasteiger charge is -2.32. The fourth-order valence-corrected chi connectivity index (χ4v) is 2.54. The Kier molecular flexibility index (Phi) is 5.45. The molecular formula is C14H21ClN2O. The van der Waals surface area contributed by atoms with Crippen LogP contribution >= 0.6 is 11.6 Å². The zero-order valence-corrected chi connectivity index (χ0v) is 11.4. The Hall–Kier alpha value is -0.610. The number of halogens is 1. The molecule has 3 nitrogen and oxygen atoms in total. The van der Waals surface area contributed by atoms with Gasteiger partial charge >= 0.3 is 0 Å². The van der Waals surface area contributed by atoms with Gasteiger partial charge in [0.25, 0.3) is 0 Å². The molecule has 1 saturated heterocycles. The van der Waals surface area contributed by atoms with Crippen LogP contribution in [-0.4, -0.2) is 43.8 Å². The van der Waals surface area contributed by atoms with Crippen LogP contribution in [0.1, 0.15) is 12.0 Å². The summed E-state index contributed by atoms with van der Waals surface area (Å²) in [6.07, 6.45) is 2.30. The van der Waals surface area contributed by atoms with Crippen molar-refractivity contribution in [2.75, 3.05) is 32.8 Å². The van der Waals surface area contributed by atoms with E-state index in [-0.39, 0.29) is 0 Å². The monoisotopic (exact) mass is 268 g/mol. The first kappa shape index (κ1) is 13.8. The summed E-state index contributed by atoms with van der Waals surface area (Å²) < 4.78 is 5.68. The molecule has 1 fully saturated rings. The maximum atomic E-state index is 5.98. The third-order valence-electron chi connectivity index (χ3n) is 3.32. The second-order valence-corrected chi connectivity index (χ2v) is 5.19. The van der Waals surface area contributed by atoms with E-state index in [1.165, 1.54) is 5.56 Å². The van der Waals surface area contributed by atoms with Crippen molar-refractivity contribution in [1.82, 2.24) is 4.90 Å². The van der Waals surface area contributed by atoms with Crippen molar-refractivity contribution < 1.29 is 4.74 Å². The zero-order valence-electron chi connectivity index (χ0n) is 10.6. The molecule has 1 aliphatic heterocycles. The highest BCUT2D eigenvalue weighted by Crippen LogP contribution is 2.13. The maximum absolute atomic E-state index is 5.98. The first-order chi connectivity index (χ1) is 8.78. The third kappa shape index (κ3) is 4.25. The van der Waals surface area contributed by atoms with E-state index in [0.717, 1.165) is 44.1 Å². The molecule has 0 bridgehead atoms. The zero-order chi connectivity index (χ0) is 12.8. The van der Waals surface area contributed by atoms with Crippen molar-refractivity contribution in [1.29, 1.82) is 0 Å². The van der Waals surface area contributed by atoms with Gasteiger partial charge in [0, 0.05) is 24.7 Å². The van der Waals surface area contributed by atoms with E-state index in [9.17, 15) is 0 Å². The van der Waals surface area contributed by atoms with Gasteiger partial charge in [-0.1, -0.05) is 23.7 Å². The van der Waals surface area contributed by atoms with Crippen LogP contribution in [-0.2, 0) is 11.2 Å². The van der Waals surface area contributed by atoms with Gasteiger partial charge in [-0.05, 0) is 37.1 Å². The largest absolute Gasteiger partial charge is 0.376 e. The molecule has 1 aliphatic rings. The van der Waals surface area contributed by atoms with Crippen LogP contribution < -0.4 is 5.73 Å². The minimum absolute atomic E-state index is 0.308. The van der Waals surface area contributed by atoms with Crippen molar-refractivity contribution in [3.63, 3.8) is 0 Å². The minimum atomic E-state index is 0.308. The minimum Gasteiger partial charge on any atom is -0.376 e. The van der Waals surface area contributed by atoms with E-state index in [0.29, 0.717) is 12.6 Å². The lowest BCUT2D eigenvalue weighted by molar-refractivity contribution is -0.0302. The van der Waals surface area contributed by atoms with Crippen molar-refractivity contribution >= 4 is 11.6 Å². The Morgan fingerprint density at radius 3 is 3.11 bits per heavy atom. The first-order valence-corrected chi connectivity index (χ1v) is 6.94. The normalized spacial score (nSPS) is 21.1. The van der Waals surface area contributed by atoms with Crippen LogP contribution in [0.4, 0.5) is 0 Å². The van der Waals surface area contributed by atoms with Gasteiger partial charge in [0.05, 0.1) is 12.7 Å². The lowest BCUT2D eigenvalue weighted by Crippen LogP contribution is -2.43. The van der Waals surface area contributed by atoms with Crippen LogP contribution in [0.3, 0.4) is 0 Å². The summed E-state index contributed by atoms with van der Waals surface area (Å²) >= 11 is 5.98. The van der Waals surface area contributed by atoms with Gasteiger partial charge in [0.1, 0.15) is 0 Å². The van der Waals surface area contributed by atoms with Gasteiger partial charge in [0.2, 0.25) is 0 Å². The van der Waals surface area contributed by atoms with Gasteiger partial charge in [-0.15, -0.1) is 0 Å². The highest BCUT2D eigenvalue weighted by Gasteiger charge is 2.19. The maximum Gasteiger partial charge on any atom is 0.0714 e. The van der Waals surface area contributed by atoms with E-state index in [2.05, 4.69) is 11.0 Å². The van der Waals surface area contributed by atoms with Crippen molar-refractivity contribution in [2.24, 2.45) is 5.73 Å². The molecular weight excluding hydrogens is 248 g/mol. The molecule has 0 amide bonds. The number of hydrogen-bond donors (Lipinski definition) is 1. The number of rotatable bonds is 5. The highest BCUT2D eigenvalue weighted by atomic mass is 35.5. The topological polar surface area (TPSA) is 38.5 Å². The van der Waals surface area contributed by atoms with Crippen LogP contribution in [0.25, 0.3) is 0 Å². The van der Waals surface area contributed by atoms with Gasteiger partial charge in [-0.2, -0.15) is 0 Å². The van der Waals surface area contributed by atoms with Crippen molar-refractivity contribution in [3.05, 3.63) is 34.9 Å². The first-order valence-electron chi connectivity index (χ1n) is 6.56. The molecule has 4 heteroatoms. The average Bonchev–Trinajstić information content (AvgIpc) is 2.37. The summed E-state index contributed by atoms with van der Waals surface area (Å²) in [4.78, 5) is 2.45. The second-order valence-electron chi connectivity index (χ2n) is 4.75. The Labute approximate surface area is 114 Å². The molecule has 0 spiro atoms. The smallest absolute Gasteiger partial charge is 0.0714 e. The van der Waals surface area contributed by atoms with E-state index >= 15 is 0 Å². The van der Waals surface area contributed by atoms with Gasteiger partial charge in [-0.3, -0.25) is 4.90 Å². The summed E-state index contributed by atoms with van der Waals surface area (Å²) in [7, 11) is 0. The lowest BCUT2D eigenvalue weighted by atomic mass is 10.1. The number of benzene rings is 1. The molecule has 0 aromatic heterocycles. The standard InChI is InChI=1S/C14H21ClN2O/c15-13-3-1-2-12(10-13)5-7-17-8-9-18-14(11-17)4-6-16/h1-3,10,14H,4-9,11,16H2. The molecule has 0 saturated carbocycles. The predicted molar refractivity (Wildman–Crippen MR) is 75.0 cm³/mol. The Morgan fingerprint density at radius 1 is 1.44 bits per heavy atom. The van der Waals surface area contributed by atoms with Crippen LogP contribution in [0.5, 0.6) is 0 Å². The average molecular weight is 269 g/mol. The molecule has 1 aromatic carbocycles. The second kappa shape index (κ2) is 7.10. The van der Waals surface area contributed by atoms with Gasteiger partial charge in [-0.25, -0.2) is 0 Å². The molecule has 100 valence electrons. The number of hydrogen-bond acceptors (Lipinski definition) is 3. The molecule has 1 heterocycles. The molecule has 1 unspecified atom stereocenters. The summed E-state index contributed by atoms with van der Waals surface area (Å²) in [6.45, 7) is 4.59. The third-order valence-corrected chi connectivity index (χ3v) is 3.55. The van der Waals surface area contributed by atoms with E-state index in [1.54, 1.807) is 0 Å². The number of nitrogens with zero attached hydrogens (tertiary/aromatic N) is 1. The van der Waals surface area contributed by atoms with Gasteiger partial charge in [0.15, 0.2) is 0 Å². The van der Waals surface area contributed by atoms with Crippen molar-refractivity contribution in [3.8, 4) is 0 Å². The van der Waals surface area contributed by atoms with Crippen molar-refractivity contribution in [2.45, 2.75) is 18.9 Å². The van der Waals surface area contributed by atoms with E-state index in [1.807, 2.05) is 18.2 Å². The number of ether oxygens (including phenoxy) is 1. The summed E-state index contributed by atoms with van der Waals surface area (Å²) in [5, 5.41) is 0.815.